The maximum absolute atomic E-state index is 12.7. The number of ether oxygens (including phenoxy) is 1. The van der Waals surface area contributed by atoms with Crippen LogP contribution < -0.4 is 4.90 Å². The number of amides is 1. The number of fused-ring (bicyclic) bond motifs is 1. The molecule has 0 unspecified atom stereocenters. The van der Waals surface area contributed by atoms with E-state index in [0.717, 1.165) is 23.2 Å². The van der Waals surface area contributed by atoms with E-state index in [4.69, 9.17) is 4.74 Å². The molecule has 5 heteroatoms. The lowest BCUT2D eigenvalue weighted by molar-refractivity contribution is -0.149. The fourth-order valence-corrected chi connectivity index (χ4v) is 3.52. The molecular formula is C19H19NO3S. The number of hydrogen-bond acceptors (Lipinski definition) is 4. The van der Waals surface area contributed by atoms with Crippen molar-refractivity contribution in [1.82, 2.24) is 0 Å². The third-order valence-electron chi connectivity index (χ3n) is 4.04. The Morgan fingerprint density at radius 2 is 2.12 bits per heavy atom. The topological polar surface area (TPSA) is 46.6 Å². The number of anilines is 1. The highest BCUT2D eigenvalue weighted by Gasteiger charge is 2.34. The first-order valence-corrected chi connectivity index (χ1v) is 8.82. The number of hydrogen-bond donors (Lipinski definition) is 0. The van der Waals surface area contributed by atoms with Gasteiger partial charge in [-0.2, -0.15) is 11.3 Å². The fraction of sp³-hybridized carbons (Fsp3) is 0.263. The van der Waals surface area contributed by atoms with Gasteiger partial charge in [-0.15, -0.1) is 0 Å². The molecule has 0 fully saturated rings. The van der Waals surface area contributed by atoms with Gasteiger partial charge in [0.2, 0.25) is 0 Å². The summed E-state index contributed by atoms with van der Waals surface area (Å²) in [5.41, 5.74) is 3.00. The Balaban J connectivity index is 1.66. The maximum atomic E-state index is 12.7. The summed E-state index contributed by atoms with van der Waals surface area (Å²) in [6, 6.07) is 9.82. The summed E-state index contributed by atoms with van der Waals surface area (Å²) < 4.78 is 5.27. The summed E-state index contributed by atoms with van der Waals surface area (Å²) in [7, 11) is 0. The van der Waals surface area contributed by atoms with Gasteiger partial charge in [-0.05, 0) is 60.4 Å². The van der Waals surface area contributed by atoms with Gasteiger partial charge < -0.3 is 9.64 Å². The Hall–Kier alpha value is -2.40. The minimum atomic E-state index is -0.821. The predicted octanol–water partition coefficient (Wildman–Crippen LogP) is 3.67. The summed E-state index contributed by atoms with van der Waals surface area (Å²) >= 11 is 1.56. The first-order chi connectivity index (χ1) is 11.6. The summed E-state index contributed by atoms with van der Waals surface area (Å²) in [6.45, 7) is 3.62. The van der Waals surface area contributed by atoms with Gasteiger partial charge >= 0.3 is 5.97 Å². The van der Waals surface area contributed by atoms with Gasteiger partial charge in [0.15, 0.2) is 6.10 Å². The van der Waals surface area contributed by atoms with Crippen LogP contribution in [-0.2, 0) is 20.7 Å². The number of nitrogens with zero attached hydrogens (tertiary/aromatic N) is 1. The minimum Gasteiger partial charge on any atom is -0.449 e. The molecule has 0 radical (unpaired) electrons. The first-order valence-electron chi connectivity index (χ1n) is 7.88. The zero-order chi connectivity index (χ0) is 17.1. The van der Waals surface area contributed by atoms with E-state index >= 15 is 0 Å². The van der Waals surface area contributed by atoms with E-state index in [9.17, 15) is 9.59 Å². The lowest BCUT2D eigenvalue weighted by atomic mass is 10.1. The zero-order valence-corrected chi connectivity index (χ0v) is 14.5. The van der Waals surface area contributed by atoms with Gasteiger partial charge in [0.25, 0.3) is 5.91 Å². The van der Waals surface area contributed by atoms with Crippen LogP contribution in [0.2, 0.25) is 0 Å². The summed E-state index contributed by atoms with van der Waals surface area (Å²) in [6.07, 6.45) is 3.04. The molecule has 24 heavy (non-hydrogen) atoms. The standard InChI is InChI=1S/C19H19NO3S/c1-13-11-16-5-3-4-6-17(16)20(13)19(22)14(2)23-18(21)8-7-15-9-10-24-12-15/h3-10,12-14H,11H2,1-2H3/b8-7+/t13-,14-/m1/s1. The molecule has 1 aliphatic rings. The Kier molecular flexibility index (Phi) is 4.81. The van der Waals surface area contributed by atoms with Crippen molar-refractivity contribution in [2.45, 2.75) is 32.4 Å². The molecule has 0 saturated heterocycles. The molecular weight excluding hydrogens is 322 g/mol. The molecule has 4 nitrogen and oxygen atoms in total. The molecule has 0 spiro atoms. The lowest BCUT2D eigenvalue weighted by Crippen LogP contribution is -2.43. The smallest absolute Gasteiger partial charge is 0.331 e. The Morgan fingerprint density at radius 1 is 1.33 bits per heavy atom. The summed E-state index contributed by atoms with van der Waals surface area (Å²) in [5, 5.41) is 3.87. The quantitative estimate of drug-likeness (QED) is 0.630. The van der Waals surface area contributed by atoms with Crippen molar-refractivity contribution in [3.8, 4) is 0 Å². The second-order valence-corrected chi connectivity index (χ2v) is 6.64. The summed E-state index contributed by atoms with van der Waals surface area (Å²) in [5.74, 6) is -0.702. The first kappa shape index (κ1) is 16.5. The maximum Gasteiger partial charge on any atom is 0.331 e. The monoisotopic (exact) mass is 341 g/mol. The molecule has 1 amide bonds. The Labute approximate surface area is 145 Å². The van der Waals surface area contributed by atoms with Crippen molar-refractivity contribution >= 4 is 35.0 Å². The average molecular weight is 341 g/mol. The molecule has 124 valence electrons. The number of carbonyl (C=O) groups is 2. The van der Waals surface area contributed by atoms with E-state index in [1.165, 1.54) is 6.08 Å². The largest absolute Gasteiger partial charge is 0.449 e. The van der Waals surface area contributed by atoms with Crippen LogP contribution in [0, 0.1) is 0 Å². The number of carbonyl (C=O) groups excluding carboxylic acids is 2. The van der Waals surface area contributed by atoms with Gasteiger partial charge in [-0.3, -0.25) is 4.79 Å². The molecule has 3 rings (SSSR count). The van der Waals surface area contributed by atoms with E-state index in [1.54, 1.807) is 29.2 Å². The summed E-state index contributed by atoms with van der Waals surface area (Å²) in [4.78, 5) is 26.4. The Bertz CT molecular complexity index is 767. The number of para-hydroxylation sites is 1. The van der Waals surface area contributed by atoms with Crippen LogP contribution in [0.25, 0.3) is 6.08 Å². The molecule has 2 aromatic rings. The third kappa shape index (κ3) is 3.41. The van der Waals surface area contributed by atoms with Gasteiger partial charge in [-0.1, -0.05) is 18.2 Å². The highest BCUT2D eigenvalue weighted by molar-refractivity contribution is 7.08. The minimum absolute atomic E-state index is 0.0670. The Morgan fingerprint density at radius 3 is 2.88 bits per heavy atom. The molecule has 0 bridgehead atoms. The SMILES string of the molecule is C[C@@H]1Cc2ccccc2N1C(=O)[C@@H](C)OC(=O)/C=C/c1ccsc1. The molecule has 0 aliphatic carbocycles. The van der Waals surface area contributed by atoms with Crippen molar-refractivity contribution in [3.05, 3.63) is 58.3 Å². The number of rotatable bonds is 4. The van der Waals surface area contributed by atoms with Crippen LogP contribution in [-0.4, -0.2) is 24.0 Å². The lowest BCUT2D eigenvalue weighted by Gasteiger charge is -2.25. The van der Waals surface area contributed by atoms with E-state index in [0.29, 0.717) is 0 Å². The molecule has 0 saturated carbocycles. The van der Waals surface area contributed by atoms with Crippen molar-refractivity contribution in [2.75, 3.05) is 4.90 Å². The highest BCUT2D eigenvalue weighted by Crippen LogP contribution is 2.32. The van der Waals surface area contributed by atoms with E-state index in [-0.39, 0.29) is 11.9 Å². The van der Waals surface area contributed by atoms with Crippen LogP contribution in [0.1, 0.15) is 25.0 Å². The second kappa shape index (κ2) is 7.01. The molecule has 2 atom stereocenters. The van der Waals surface area contributed by atoms with E-state index in [2.05, 4.69) is 0 Å². The fourth-order valence-electron chi connectivity index (χ4n) is 2.90. The van der Waals surface area contributed by atoms with Gasteiger partial charge in [0.1, 0.15) is 0 Å². The normalized spacial score (nSPS) is 17.8. The van der Waals surface area contributed by atoms with Crippen molar-refractivity contribution < 1.29 is 14.3 Å². The third-order valence-corrected chi connectivity index (χ3v) is 4.74. The van der Waals surface area contributed by atoms with Crippen molar-refractivity contribution in [3.63, 3.8) is 0 Å². The highest BCUT2D eigenvalue weighted by atomic mass is 32.1. The average Bonchev–Trinajstić information content (AvgIpc) is 3.18. The molecule has 2 heterocycles. The second-order valence-electron chi connectivity index (χ2n) is 5.86. The van der Waals surface area contributed by atoms with Crippen LogP contribution in [0.5, 0.6) is 0 Å². The molecule has 1 aromatic carbocycles. The van der Waals surface area contributed by atoms with Gasteiger partial charge in [0, 0.05) is 17.8 Å². The van der Waals surface area contributed by atoms with Crippen LogP contribution >= 0.6 is 11.3 Å². The van der Waals surface area contributed by atoms with E-state index < -0.39 is 12.1 Å². The number of benzene rings is 1. The van der Waals surface area contributed by atoms with Crippen LogP contribution in [0.4, 0.5) is 5.69 Å². The van der Waals surface area contributed by atoms with Gasteiger partial charge in [-0.25, -0.2) is 4.79 Å². The van der Waals surface area contributed by atoms with Crippen molar-refractivity contribution in [1.29, 1.82) is 0 Å². The van der Waals surface area contributed by atoms with Gasteiger partial charge in [0.05, 0.1) is 0 Å². The number of esters is 1. The molecule has 1 aliphatic heterocycles. The van der Waals surface area contributed by atoms with Crippen molar-refractivity contribution in [2.24, 2.45) is 0 Å². The van der Waals surface area contributed by atoms with E-state index in [1.807, 2.05) is 48.0 Å². The van der Waals surface area contributed by atoms with Crippen LogP contribution in [0.3, 0.4) is 0 Å². The molecule has 1 aromatic heterocycles. The number of thiophene rings is 1. The van der Waals surface area contributed by atoms with Crippen LogP contribution in [0.15, 0.2) is 47.2 Å². The molecule has 0 N–H and O–H groups in total. The zero-order valence-electron chi connectivity index (χ0n) is 13.6. The predicted molar refractivity (Wildman–Crippen MR) is 96.0 cm³/mol.